The van der Waals surface area contributed by atoms with E-state index in [2.05, 4.69) is 19.9 Å². The van der Waals surface area contributed by atoms with Gasteiger partial charge in [0.15, 0.2) is 5.69 Å². The van der Waals surface area contributed by atoms with E-state index in [1.807, 2.05) is 0 Å². The van der Waals surface area contributed by atoms with E-state index in [1.54, 1.807) is 17.9 Å². The molecule has 0 atom stereocenters. The molecule has 0 N–H and O–H groups in total. The fourth-order valence-electron chi connectivity index (χ4n) is 3.93. The van der Waals surface area contributed by atoms with Crippen molar-refractivity contribution in [1.82, 2.24) is 29.1 Å². The maximum absolute atomic E-state index is 12.7. The highest BCUT2D eigenvalue weighted by atomic mass is 32.2. The lowest BCUT2D eigenvalue weighted by Crippen LogP contribution is -2.38. The Morgan fingerprint density at radius 2 is 1.89 bits per heavy atom. The summed E-state index contributed by atoms with van der Waals surface area (Å²) in [5.74, 6) is 2.41. The number of carbonyl (C=O) groups excluding carboxylic acids is 1. The van der Waals surface area contributed by atoms with Gasteiger partial charge in [-0.2, -0.15) is 0 Å². The molecule has 1 saturated heterocycles. The monoisotopic (exact) mass is 408 g/mol. The molecule has 1 amide bonds. The van der Waals surface area contributed by atoms with Crippen LogP contribution in [0.1, 0.15) is 46.7 Å². The quantitative estimate of drug-likeness (QED) is 0.722. The fraction of sp³-hybridized carbons (Fsp3) is 0.647. The molecule has 2 aromatic rings. The number of rotatable bonds is 3. The van der Waals surface area contributed by atoms with Gasteiger partial charge in [0.1, 0.15) is 17.4 Å². The zero-order valence-electron chi connectivity index (χ0n) is 16.0. The molecule has 28 heavy (non-hydrogen) atoms. The van der Waals surface area contributed by atoms with Gasteiger partial charge in [-0.1, -0.05) is 5.16 Å². The molecule has 0 radical (unpaired) electrons. The maximum Gasteiger partial charge on any atom is 0.276 e. The lowest BCUT2D eigenvalue weighted by molar-refractivity contribution is 0.0748. The number of carbonyl (C=O) groups is 1. The van der Waals surface area contributed by atoms with E-state index in [4.69, 9.17) is 4.52 Å². The molecule has 0 aliphatic carbocycles. The van der Waals surface area contributed by atoms with Crippen LogP contribution in [0.25, 0.3) is 0 Å². The molecule has 4 heterocycles. The van der Waals surface area contributed by atoms with E-state index in [9.17, 15) is 13.2 Å². The summed E-state index contributed by atoms with van der Waals surface area (Å²) in [5, 5.41) is 12.6. The summed E-state index contributed by atoms with van der Waals surface area (Å²) >= 11 is 0. The number of fused-ring (bicyclic) bond motifs is 1. The molecule has 152 valence electrons. The van der Waals surface area contributed by atoms with Gasteiger partial charge in [0.2, 0.25) is 10.0 Å². The number of aryl methyl sites for hydroxylation is 1. The van der Waals surface area contributed by atoms with Crippen molar-refractivity contribution in [2.45, 2.75) is 38.6 Å². The van der Waals surface area contributed by atoms with Crippen molar-refractivity contribution in [2.75, 3.05) is 32.4 Å². The van der Waals surface area contributed by atoms with Crippen molar-refractivity contribution in [3.8, 4) is 0 Å². The summed E-state index contributed by atoms with van der Waals surface area (Å²) in [5.41, 5.74) is 0.323. The third-order valence-corrected chi connectivity index (χ3v) is 6.78. The topological polar surface area (TPSA) is 114 Å². The minimum absolute atomic E-state index is 0.140. The Morgan fingerprint density at radius 3 is 2.54 bits per heavy atom. The molecule has 0 aromatic carbocycles. The van der Waals surface area contributed by atoms with Crippen LogP contribution in [0, 0.1) is 6.92 Å². The highest BCUT2D eigenvalue weighted by molar-refractivity contribution is 7.88. The predicted molar refractivity (Wildman–Crippen MR) is 99.3 cm³/mol. The Balaban J connectivity index is 1.45. The van der Waals surface area contributed by atoms with Gasteiger partial charge >= 0.3 is 0 Å². The van der Waals surface area contributed by atoms with Crippen LogP contribution in [-0.4, -0.2) is 75.9 Å². The molecule has 11 heteroatoms. The van der Waals surface area contributed by atoms with Gasteiger partial charge in [-0.25, -0.2) is 12.7 Å². The van der Waals surface area contributed by atoms with Crippen LogP contribution in [0.15, 0.2) is 10.6 Å². The van der Waals surface area contributed by atoms with Crippen LogP contribution in [-0.2, 0) is 23.0 Å². The SMILES string of the molecule is Cc1cc(C(=O)N2CCc3nnc(C4CCN(S(C)(=O)=O)CC4)n3CC2)no1. The van der Waals surface area contributed by atoms with Gasteiger partial charge in [0, 0.05) is 51.1 Å². The van der Waals surface area contributed by atoms with Crippen LogP contribution in [0.4, 0.5) is 0 Å². The van der Waals surface area contributed by atoms with E-state index in [1.165, 1.54) is 10.6 Å². The van der Waals surface area contributed by atoms with E-state index < -0.39 is 10.0 Å². The molecule has 0 saturated carbocycles. The second-order valence-corrected chi connectivity index (χ2v) is 9.41. The molecule has 2 aliphatic heterocycles. The van der Waals surface area contributed by atoms with Gasteiger partial charge in [-0.15, -0.1) is 10.2 Å². The third kappa shape index (κ3) is 3.68. The largest absolute Gasteiger partial charge is 0.361 e. The molecule has 4 rings (SSSR count). The summed E-state index contributed by atoms with van der Waals surface area (Å²) in [6.45, 7) is 4.48. The van der Waals surface area contributed by atoms with Crippen LogP contribution in [0.2, 0.25) is 0 Å². The Labute approximate surface area is 163 Å². The highest BCUT2D eigenvalue weighted by Gasteiger charge is 2.31. The van der Waals surface area contributed by atoms with Gasteiger partial charge in [0.25, 0.3) is 5.91 Å². The Hall–Kier alpha value is -2.27. The van der Waals surface area contributed by atoms with Crippen molar-refractivity contribution < 1.29 is 17.7 Å². The van der Waals surface area contributed by atoms with Gasteiger partial charge in [0.05, 0.1) is 6.26 Å². The van der Waals surface area contributed by atoms with Gasteiger partial charge in [-0.3, -0.25) is 4.79 Å². The second-order valence-electron chi connectivity index (χ2n) is 7.43. The zero-order valence-corrected chi connectivity index (χ0v) is 16.9. The van der Waals surface area contributed by atoms with Gasteiger partial charge < -0.3 is 14.0 Å². The molecular weight excluding hydrogens is 384 g/mol. The average molecular weight is 408 g/mol. The summed E-state index contributed by atoms with van der Waals surface area (Å²) in [6, 6.07) is 1.65. The summed E-state index contributed by atoms with van der Waals surface area (Å²) in [6.07, 6.45) is 3.33. The first-order valence-corrected chi connectivity index (χ1v) is 11.3. The number of piperidine rings is 1. The minimum atomic E-state index is -3.15. The van der Waals surface area contributed by atoms with Crippen LogP contribution in [0.5, 0.6) is 0 Å². The standard InChI is InChI=1S/C17H24N6O4S/c1-12-11-14(20-27-12)17(24)21-6-5-15-18-19-16(23(15)10-9-21)13-3-7-22(8-4-13)28(2,25)26/h11,13H,3-10H2,1-2H3. The molecular formula is C17H24N6O4S. The smallest absolute Gasteiger partial charge is 0.276 e. The van der Waals surface area contributed by atoms with E-state index in [-0.39, 0.29) is 11.8 Å². The molecule has 0 spiro atoms. The molecule has 2 aromatic heterocycles. The molecule has 1 fully saturated rings. The Morgan fingerprint density at radius 1 is 1.14 bits per heavy atom. The van der Waals surface area contributed by atoms with Crippen LogP contribution >= 0.6 is 0 Å². The lowest BCUT2D eigenvalue weighted by atomic mass is 9.97. The Bertz CT molecular complexity index is 974. The predicted octanol–water partition coefficient (Wildman–Crippen LogP) is 0.412. The molecule has 0 unspecified atom stereocenters. The zero-order chi connectivity index (χ0) is 19.9. The van der Waals surface area contributed by atoms with Crippen molar-refractivity contribution >= 4 is 15.9 Å². The number of hydrogen-bond acceptors (Lipinski definition) is 7. The Kier molecular flexibility index (Phi) is 4.96. The first-order chi connectivity index (χ1) is 13.3. The summed E-state index contributed by atoms with van der Waals surface area (Å²) < 4.78 is 32.1. The van der Waals surface area contributed by atoms with E-state index in [0.29, 0.717) is 50.6 Å². The molecule has 0 bridgehead atoms. The maximum atomic E-state index is 12.7. The third-order valence-electron chi connectivity index (χ3n) is 5.48. The number of aromatic nitrogens is 4. The molecule has 10 nitrogen and oxygen atoms in total. The highest BCUT2D eigenvalue weighted by Crippen LogP contribution is 2.29. The summed E-state index contributed by atoms with van der Waals surface area (Å²) in [4.78, 5) is 14.4. The van der Waals surface area contributed by atoms with Gasteiger partial charge in [-0.05, 0) is 19.8 Å². The fourth-order valence-corrected chi connectivity index (χ4v) is 4.80. The lowest BCUT2D eigenvalue weighted by Gasteiger charge is -2.29. The van der Waals surface area contributed by atoms with Crippen molar-refractivity contribution in [1.29, 1.82) is 0 Å². The van der Waals surface area contributed by atoms with E-state index in [0.717, 1.165) is 24.5 Å². The van der Waals surface area contributed by atoms with Crippen molar-refractivity contribution in [3.63, 3.8) is 0 Å². The first kappa shape index (κ1) is 19.1. The average Bonchev–Trinajstić information content (AvgIpc) is 3.21. The molecule has 2 aliphatic rings. The van der Waals surface area contributed by atoms with Crippen LogP contribution < -0.4 is 0 Å². The second kappa shape index (κ2) is 7.28. The normalized spacial score (nSPS) is 19.4. The first-order valence-electron chi connectivity index (χ1n) is 9.42. The van der Waals surface area contributed by atoms with Crippen molar-refractivity contribution in [2.24, 2.45) is 0 Å². The van der Waals surface area contributed by atoms with Crippen LogP contribution in [0.3, 0.4) is 0 Å². The number of nitrogens with zero attached hydrogens (tertiary/aromatic N) is 6. The number of sulfonamides is 1. The van der Waals surface area contributed by atoms with E-state index >= 15 is 0 Å². The number of amides is 1. The summed E-state index contributed by atoms with van der Waals surface area (Å²) in [7, 11) is -3.15. The van der Waals surface area contributed by atoms with Crippen molar-refractivity contribution in [3.05, 3.63) is 29.2 Å². The minimum Gasteiger partial charge on any atom is -0.361 e. The number of hydrogen-bond donors (Lipinski definition) is 0.